The van der Waals surface area contributed by atoms with E-state index in [0.717, 1.165) is 10.9 Å². The average molecular weight is 246 g/mol. The third-order valence-corrected chi connectivity index (χ3v) is 2.23. The number of amides is 1. The van der Waals surface area contributed by atoms with Crippen molar-refractivity contribution in [3.05, 3.63) is 16.9 Å². The zero-order valence-corrected chi connectivity index (χ0v) is 9.21. The summed E-state index contributed by atoms with van der Waals surface area (Å²) in [4.78, 5) is 11.4. The Bertz CT molecular complexity index is 297. The maximum atomic E-state index is 11.4. The monoisotopic (exact) mass is 245 g/mol. The van der Waals surface area contributed by atoms with Crippen molar-refractivity contribution in [3.63, 3.8) is 0 Å². The molecule has 1 heterocycles. The van der Waals surface area contributed by atoms with Crippen LogP contribution in [0.2, 0.25) is 0 Å². The summed E-state index contributed by atoms with van der Waals surface area (Å²) in [5.41, 5.74) is 0. The van der Waals surface area contributed by atoms with Crippen LogP contribution in [0.25, 0.3) is 0 Å². The van der Waals surface area contributed by atoms with E-state index in [1.165, 1.54) is 0 Å². The Balaban J connectivity index is 2.84. The van der Waals surface area contributed by atoms with Crippen molar-refractivity contribution < 1.29 is 4.79 Å². The minimum absolute atomic E-state index is 0.0156. The van der Waals surface area contributed by atoms with Crippen LogP contribution in [0.15, 0.2) is 16.9 Å². The topological polar surface area (TPSA) is 46.9 Å². The third kappa shape index (κ3) is 2.30. The summed E-state index contributed by atoms with van der Waals surface area (Å²) >= 11 is 3.29. The Morgan fingerprint density at radius 2 is 2.54 bits per heavy atom. The van der Waals surface area contributed by atoms with Crippen molar-refractivity contribution in [2.45, 2.75) is 19.4 Å². The lowest BCUT2D eigenvalue weighted by atomic mass is 10.2. The van der Waals surface area contributed by atoms with Gasteiger partial charge in [0, 0.05) is 13.2 Å². The molecule has 0 aliphatic rings. The largest absolute Gasteiger partial charge is 0.357 e. The maximum Gasteiger partial charge on any atom is 0.244 e. The molecule has 0 aliphatic carbocycles. The summed E-state index contributed by atoms with van der Waals surface area (Å²) in [5, 5.41) is 6.67. The molecule has 0 spiro atoms. The summed E-state index contributed by atoms with van der Waals surface area (Å²) in [6.45, 7) is 1.95. The second-order valence-electron chi connectivity index (χ2n) is 2.68. The van der Waals surface area contributed by atoms with Crippen LogP contribution in [0, 0.1) is 0 Å². The number of halogens is 1. The number of hydrogen-bond donors (Lipinski definition) is 1. The second kappa shape index (κ2) is 4.41. The van der Waals surface area contributed by atoms with Gasteiger partial charge in [-0.2, -0.15) is 5.10 Å². The number of hydrogen-bond acceptors (Lipinski definition) is 2. The molecule has 1 aromatic heterocycles. The highest BCUT2D eigenvalue weighted by Gasteiger charge is 2.17. The van der Waals surface area contributed by atoms with Crippen LogP contribution in [0.5, 0.6) is 0 Å². The summed E-state index contributed by atoms with van der Waals surface area (Å²) in [6, 6.07) is -0.212. The van der Waals surface area contributed by atoms with Gasteiger partial charge >= 0.3 is 0 Å². The van der Waals surface area contributed by atoms with Crippen LogP contribution in [0.1, 0.15) is 19.4 Å². The maximum absolute atomic E-state index is 11.4. The highest BCUT2D eigenvalue weighted by molar-refractivity contribution is 9.10. The second-order valence-corrected chi connectivity index (χ2v) is 3.59. The molecule has 72 valence electrons. The first-order valence-corrected chi connectivity index (χ1v) is 4.89. The van der Waals surface area contributed by atoms with Gasteiger partial charge in [-0.15, -0.1) is 0 Å². The Morgan fingerprint density at radius 1 is 1.85 bits per heavy atom. The van der Waals surface area contributed by atoms with Crippen molar-refractivity contribution in [2.24, 2.45) is 0 Å². The fraction of sp³-hybridized carbons (Fsp3) is 0.500. The molecule has 1 atom stereocenters. The van der Waals surface area contributed by atoms with E-state index in [1.807, 2.05) is 6.92 Å². The van der Waals surface area contributed by atoms with Crippen molar-refractivity contribution in [2.75, 3.05) is 7.05 Å². The van der Waals surface area contributed by atoms with Gasteiger partial charge in [-0.05, 0) is 22.4 Å². The number of likely N-dealkylation sites (N-methyl/N-ethyl adjacent to an activating group) is 1. The molecule has 13 heavy (non-hydrogen) atoms. The molecular formula is C8H12BrN3O. The summed E-state index contributed by atoms with van der Waals surface area (Å²) in [7, 11) is 1.63. The smallest absolute Gasteiger partial charge is 0.244 e. The normalized spacial score (nSPS) is 12.5. The van der Waals surface area contributed by atoms with Crippen molar-refractivity contribution in [1.82, 2.24) is 15.1 Å². The van der Waals surface area contributed by atoms with E-state index in [-0.39, 0.29) is 11.9 Å². The summed E-state index contributed by atoms with van der Waals surface area (Å²) in [6.07, 6.45) is 4.20. The van der Waals surface area contributed by atoms with Crippen molar-refractivity contribution in [3.8, 4) is 0 Å². The van der Waals surface area contributed by atoms with E-state index < -0.39 is 0 Å². The van der Waals surface area contributed by atoms with E-state index in [2.05, 4.69) is 26.3 Å². The molecule has 0 bridgehead atoms. The van der Waals surface area contributed by atoms with Gasteiger partial charge in [0.15, 0.2) is 0 Å². The Morgan fingerprint density at radius 3 is 2.92 bits per heavy atom. The first kappa shape index (κ1) is 10.2. The molecule has 1 N–H and O–H groups in total. The van der Waals surface area contributed by atoms with E-state index in [4.69, 9.17) is 0 Å². The van der Waals surface area contributed by atoms with E-state index in [1.54, 1.807) is 24.1 Å². The van der Waals surface area contributed by atoms with Crippen LogP contribution in [-0.2, 0) is 4.79 Å². The van der Waals surface area contributed by atoms with E-state index in [0.29, 0.717) is 0 Å². The molecule has 5 heteroatoms. The summed E-state index contributed by atoms with van der Waals surface area (Å²) in [5.74, 6) is -0.0156. The molecule has 0 saturated carbocycles. The highest BCUT2D eigenvalue weighted by atomic mass is 79.9. The molecule has 0 radical (unpaired) electrons. The minimum atomic E-state index is -0.212. The highest BCUT2D eigenvalue weighted by Crippen LogP contribution is 2.14. The van der Waals surface area contributed by atoms with Gasteiger partial charge in [-0.25, -0.2) is 0 Å². The van der Waals surface area contributed by atoms with Gasteiger partial charge in [0.2, 0.25) is 5.91 Å². The Labute approximate surface area is 85.4 Å². The van der Waals surface area contributed by atoms with Gasteiger partial charge in [0.05, 0.1) is 10.7 Å². The number of aromatic nitrogens is 2. The zero-order chi connectivity index (χ0) is 9.84. The lowest BCUT2D eigenvalue weighted by Gasteiger charge is -2.12. The number of nitrogens with zero attached hydrogens (tertiary/aromatic N) is 2. The predicted molar refractivity (Wildman–Crippen MR) is 53.3 cm³/mol. The number of rotatable bonds is 3. The first-order valence-electron chi connectivity index (χ1n) is 4.10. The minimum Gasteiger partial charge on any atom is -0.357 e. The first-order chi connectivity index (χ1) is 6.19. The van der Waals surface area contributed by atoms with Crippen LogP contribution >= 0.6 is 15.9 Å². The van der Waals surface area contributed by atoms with Crippen LogP contribution in [0.4, 0.5) is 0 Å². The predicted octanol–water partition coefficient (Wildman–Crippen LogP) is 1.34. The Hall–Kier alpha value is -0.840. The molecule has 0 fully saturated rings. The molecule has 0 saturated heterocycles. The molecule has 1 aromatic rings. The van der Waals surface area contributed by atoms with E-state index in [9.17, 15) is 4.79 Å². The van der Waals surface area contributed by atoms with Gasteiger partial charge in [-0.1, -0.05) is 6.92 Å². The Kier molecular flexibility index (Phi) is 3.48. The third-order valence-electron chi connectivity index (χ3n) is 1.83. The quantitative estimate of drug-likeness (QED) is 0.874. The van der Waals surface area contributed by atoms with Crippen LogP contribution in [0.3, 0.4) is 0 Å². The molecule has 0 aromatic carbocycles. The van der Waals surface area contributed by atoms with E-state index >= 15 is 0 Å². The molecule has 1 unspecified atom stereocenters. The van der Waals surface area contributed by atoms with Gasteiger partial charge in [0.25, 0.3) is 0 Å². The van der Waals surface area contributed by atoms with Gasteiger partial charge < -0.3 is 5.32 Å². The van der Waals surface area contributed by atoms with Crippen molar-refractivity contribution >= 4 is 21.8 Å². The fourth-order valence-electron chi connectivity index (χ4n) is 1.14. The summed E-state index contributed by atoms with van der Waals surface area (Å²) < 4.78 is 2.54. The van der Waals surface area contributed by atoms with Crippen LogP contribution in [-0.4, -0.2) is 22.7 Å². The number of carbonyl (C=O) groups is 1. The number of carbonyl (C=O) groups excluding carboxylic acids is 1. The van der Waals surface area contributed by atoms with Gasteiger partial charge in [-0.3, -0.25) is 9.48 Å². The fourth-order valence-corrected chi connectivity index (χ4v) is 1.45. The molecule has 1 rings (SSSR count). The molecule has 4 nitrogen and oxygen atoms in total. The SMILES string of the molecule is CCC(C(=O)NC)n1cc(Br)cn1. The molecular weight excluding hydrogens is 234 g/mol. The van der Waals surface area contributed by atoms with Crippen molar-refractivity contribution in [1.29, 1.82) is 0 Å². The average Bonchev–Trinajstić information content (AvgIpc) is 2.53. The lowest BCUT2D eigenvalue weighted by molar-refractivity contribution is -0.124. The zero-order valence-electron chi connectivity index (χ0n) is 7.62. The molecule has 0 aliphatic heterocycles. The standard InChI is InChI=1S/C8H12BrN3O/c1-3-7(8(13)10-2)12-5-6(9)4-11-12/h4-5,7H,3H2,1-2H3,(H,10,13). The number of nitrogens with one attached hydrogen (secondary N) is 1. The molecule has 1 amide bonds. The van der Waals surface area contributed by atoms with Gasteiger partial charge in [0.1, 0.15) is 6.04 Å². The lowest BCUT2D eigenvalue weighted by Crippen LogP contribution is -2.29. The van der Waals surface area contributed by atoms with Crippen LogP contribution < -0.4 is 5.32 Å².